The predicted molar refractivity (Wildman–Crippen MR) is 123 cm³/mol. The molecule has 8 nitrogen and oxygen atoms in total. The minimum Gasteiger partial charge on any atom is -0.462 e. The number of rotatable bonds is 6. The molecule has 0 aliphatic rings. The molecule has 0 aliphatic carbocycles. The molecule has 2 aromatic carbocycles. The molecule has 0 saturated heterocycles. The van der Waals surface area contributed by atoms with Crippen LogP contribution in [-0.4, -0.2) is 31.5 Å². The number of nitrogens with zero attached hydrogens (tertiary/aromatic N) is 2. The van der Waals surface area contributed by atoms with Crippen molar-refractivity contribution in [2.24, 2.45) is 12.0 Å². The first-order chi connectivity index (χ1) is 15.1. The fourth-order valence-corrected chi connectivity index (χ4v) is 4.87. The number of esters is 1. The number of sulfonamides is 1. The van der Waals surface area contributed by atoms with E-state index in [9.17, 15) is 18.0 Å². The number of hydrogen-bond acceptors (Lipinski definition) is 6. The van der Waals surface area contributed by atoms with Crippen molar-refractivity contribution in [3.05, 3.63) is 74.5 Å². The highest BCUT2D eigenvalue weighted by Crippen LogP contribution is 2.19. The highest BCUT2D eigenvalue weighted by atomic mass is 35.5. The van der Waals surface area contributed by atoms with Gasteiger partial charge in [0.25, 0.3) is 15.9 Å². The summed E-state index contributed by atoms with van der Waals surface area (Å²) < 4.78 is 34.1. The fraction of sp³-hybridized carbons (Fsp3) is 0.190. The number of ether oxygens (including phenoxy) is 1. The molecule has 3 rings (SSSR count). The number of thiazole rings is 1. The van der Waals surface area contributed by atoms with Crippen LogP contribution in [0.15, 0.2) is 58.4 Å². The Labute approximate surface area is 194 Å². The molecule has 0 aliphatic heterocycles. The molecule has 11 heteroatoms. The Kier molecular flexibility index (Phi) is 7.17. The second kappa shape index (κ2) is 9.68. The second-order valence-electron chi connectivity index (χ2n) is 6.63. The minimum atomic E-state index is -3.79. The van der Waals surface area contributed by atoms with Gasteiger partial charge in [0.2, 0.25) is 0 Å². The van der Waals surface area contributed by atoms with Gasteiger partial charge in [-0.15, -0.1) is 0 Å². The highest BCUT2D eigenvalue weighted by molar-refractivity contribution is 7.92. The number of amides is 1. The molecular formula is C21H20ClN3O5S2. The van der Waals surface area contributed by atoms with Gasteiger partial charge in [0, 0.05) is 29.0 Å². The topological polar surface area (TPSA) is 107 Å². The highest BCUT2D eigenvalue weighted by Gasteiger charge is 2.17. The molecule has 3 aromatic rings. The summed E-state index contributed by atoms with van der Waals surface area (Å²) >= 11 is 6.86. The Morgan fingerprint density at radius 3 is 2.34 bits per heavy atom. The van der Waals surface area contributed by atoms with Crippen LogP contribution in [0.4, 0.5) is 5.69 Å². The second-order valence-corrected chi connectivity index (χ2v) is 9.73. The monoisotopic (exact) mass is 493 g/mol. The summed E-state index contributed by atoms with van der Waals surface area (Å²) in [5.74, 6) is -0.985. The summed E-state index contributed by atoms with van der Waals surface area (Å²) in [7, 11) is -2.09. The van der Waals surface area contributed by atoms with Crippen LogP contribution in [0.2, 0.25) is 5.02 Å². The minimum absolute atomic E-state index is 0.0648. The van der Waals surface area contributed by atoms with Gasteiger partial charge in [-0.3, -0.25) is 9.52 Å². The van der Waals surface area contributed by atoms with Crippen molar-refractivity contribution < 1.29 is 22.7 Å². The van der Waals surface area contributed by atoms with Crippen molar-refractivity contribution in [1.82, 2.24) is 4.57 Å². The third-order valence-corrected chi connectivity index (χ3v) is 7.34. The molecule has 0 atom stereocenters. The molecule has 32 heavy (non-hydrogen) atoms. The summed E-state index contributed by atoms with van der Waals surface area (Å²) in [6, 6.07) is 11.7. The van der Waals surface area contributed by atoms with Crippen molar-refractivity contribution in [2.75, 3.05) is 11.3 Å². The number of halogens is 1. The van der Waals surface area contributed by atoms with Gasteiger partial charge >= 0.3 is 5.97 Å². The van der Waals surface area contributed by atoms with E-state index in [1.54, 1.807) is 25.5 Å². The van der Waals surface area contributed by atoms with E-state index in [0.717, 1.165) is 11.3 Å². The smallest absolute Gasteiger partial charge is 0.350 e. The Bertz CT molecular complexity index is 1330. The van der Waals surface area contributed by atoms with E-state index in [0.29, 0.717) is 26.1 Å². The molecule has 0 radical (unpaired) electrons. The zero-order chi connectivity index (χ0) is 23.5. The molecule has 0 bridgehead atoms. The quantitative estimate of drug-likeness (QED) is 0.526. The SMILES string of the molecule is CCOC(=O)c1sc(=NC(=O)c2ccc(NS(=O)(=O)c3ccc(Cl)cc3)cc2)n(C)c1C. The van der Waals surface area contributed by atoms with Crippen LogP contribution in [-0.2, 0) is 21.8 Å². The molecule has 1 amide bonds. The van der Waals surface area contributed by atoms with E-state index in [1.165, 1.54) is 48.5 Å². The van der Waals surface area contributed by atoms with Crippen LogP contribution in [0.3, 0.4) is 0 Å². The number of nitrogens with one attached hydrogen (secondary N) is 1. The van der Waals surface area contributed by atoms with Crippen molar-refractivity contribution in [1.29, 1.82) is 0 Å². The number of benzene rings is 2. The van der Waals surface area contributed by atoms with Crippen LogP contribution < -0.4 is 9.52 Å². The van der Waals surface area contributed by atoms with Gasteiger partial charge < -0.3 is 9.30 Å². The predicted octanol–water partition coefficient (Wildman–Crippen LogP) is 3.77. The van der Waals surface area contributed by atoms with Crippen molar-refractivity contribution in [3.8, 4) is 0 Å². The van der Waals surface area contributed by atoms with Gasteiger partial charge in [0.1, 0.15) is 4.88 Å². The van der Waals surface area contributed by atoms with Gasteiger partial charge in [-0.1, -0.05) is 22.9 Å². The summed E-state index contributed by atoms with van der Waals surface area (Å²) in [6.07, 6.45) is 0. The maximum absolute atomic E-state index is 12.6. The van der Waals surface area contributed by atoms with Crippen molar-refractivity contribution >= 4 is 50.5 Å². The van der Waals surface area contributed by atoms with Gasteiger partial charge in [-0.2, -0.15) is 4.99 Å². The standard InChI is InChI=1S/C21H20ClN3O5S2/c1-4-30-20(27)18-13(2)25(3)21(31-18)23-19(26)14-5-9-16(10-6-14)24-32(28,29)17-11-7-15(22)8-12-17/h5-12,24H,4H2,1-3H3. The molecule has 1 N–H and O–H groups in total. The summed E-state index contributed by atoms with van der Waals surface area (Å²) in [5, 5.41) is 0.430. The van der Waals surface area contributed by atoms with E-state index in [4.69, 9.17) is 16.3 Å². The molecule has 1 heterocycles. The van der Waals surface area contributed by atoms with Crippen LogP contribution in [0.25, 0.3) is 0 Å². The molecule has 0 fully saturated rings. The van der Waals surface area contributed by atoms with Gasteiger partial charge in [0.05, 0.1) is 11.5 Å². The Balaban J connectivity index is 1.81. The number of aromatic nitrogens is 1. The number of anilines is 1. The zero-order valence-electron chi connectivity index (χ0n) is 17.5. The van der Waals surface area contributed by atoms with Gasteiger partial charge in [-0.05, 0) is 62.4 Å². The maximum atomic E-state index is 12.6. The van der Waals surface area contributed by atoms with Crippen LogP contribution in [0.1, 0.15) is 32.6 Å². The molecular weight excluding hydrogens is 474 g/mol. The number of carbonyl (C=O) groups is 2. The van der Waals surface area contributed by atoms with E-state index in [1.807, 2.05) is 0 Å². The van der Waals surface area contributed by atoms with E-state index < -0.39 is 21.9 Å². The average Bonchev–Trinajstić information content (AvgIpc) is 3.03. The van der Waals surface area contributed by atoms with Crippen LogP contribution in [0, 0.1) is 6.92 Å². The molecule has 0 saturated carbocycles. The van der Waals surface area contributed by atoms with E-state index in [-0.39, 0.29) is 17.1 Å². The largest absolute Gasteiger partial charge is 0.462 e. The summed E-state index contributed by atoms with van der Waals surface area (Å²) in [6.45, 7) is 3.71. The lowest BCUT2D eigenvalue weighted by Gasteiger charge is -2.08. The van der Waals surface area contributed by atoms with Crippen LogP contribution in [0.5, 0.6) is 0 Å². The van der Waals surface area contributed by atoms with Crippen LogP contribution >= 0.6 is 22.9 Å². The third kappa shape index (κ3) is 5.26. The Morgan fingerprint density at radius 2 is 1.75 bits per heavy atom. The Morgan fingerprint density at radius 1 is 1.12 bits per heavy atom. The fourth-order valence-electron chi connectivity index (χ4n) is 2.67. The lowest BCUT2D eigenvalue weighted by Crippen LogP contribution is -2.15. The van der Waals surface area contributed by atoms with Crippen molar-refractivity contribution in [2.45, 2.75) is 18.7 Å². The number of carbonyl (C=O) groups excluding carboxylic acids is 2. The molecule has 1 aromatic heterocycles. The first-order valence-electron chi connectivity index (χ1n) is 9.43. The zero-order valence-corrected chi connectivity index (χ0v) is 19.8. The average molecular weight is 494 g/mol. The lowest BCUT2D eigenvalue weighted by molar-refractivity contribution is 0.0530. The first-order valence-corrected chi connectivity index (χ1v) is 12.1. The molecule has 0 unspecified atom stereocenters. The lowest BCUT2D eigenvalue weighted by atomic mass is 10.2. The number of hydrogen-bond donors (Lipinski definition) is 1. The van der Waals surface area contributed by atoms with Gasteiger partial charge in [-0.25, -0.2) is 13.2 Å². The van der Waals surface area contributed by atoms with E-state index in [2.05, 4.69) is 9.71 Å². The Hall–Kier alpha value is -2.95. The molecule has 0 spiro atoms. The third-order valence-electron chi connectivity index (χ3n) is 4.48. The molecule has 168 valence electrons. The summed E-state index contributed by atoms with van der Waals surface area (Å²) in [5.41, 5.74) is 1.20. The normalized spacial score (nSPS) is 11.9. The first kappa shape index (κ1) is 23.7. The van der Waals surface area contributed by atoms with Crippen molar-refractivity contribution in [3.63, 3.8) is 0 Å². The maximum Gasteiger partial charge on any atom is 0.350 e. The summed E-state index contributed by atoms with van der Waals surface area (Å²) in [4.78, 5) is 29.5. The van der Waals surface area contributed by atoms with E-state index >= 15 is 0 Å². The van der Waals surface area contributed by atoms with Gasteiger partial charge in [0.15, 0.2) is 4.80 Å².